The van der Waals surface area contributed by atoms with E-state index in [9.17, 15) is 0 Å². The van der Waals surface area contributed by atoms with Gasteiger partial charge in [0.05, 0.1) is 13.2 Å². The third-order valence-corrected chi connectivity index (χ3v) is 4.30. The first-order valence-corrected chi connectivity index (χ1v) is 8.41. The highest BCUT2D eigenvalue weighted by molar-refractivity contribution is 8.14. The van der Waals surface area contributed by atoms with E-state index in [1.165, 1.54) is 5.56 Å². The average molecular weight is 308 g/mol. The third kappa shape index (κ3) is 6.50. The minimum atomic E-state index is 0.495. The van der Waals surface area contributed by atoms with Gasteiger partial charge in [0.15, 0.2) is 5.17 Å². The summed E-state index contributed by atoms with van der Waals surface area (Å²) in [4.78, 5) is 4.59. The van der Waals surface area contributed by atoms with Gasteiger partial charge in [0.1, 0.15) is 0 Å². The zero-order valence-corrected chi connectivity index (χ0v) is 13.4. The van der Waals surface area contributed by atoms with Gasteiger partial charge in [-0.25, -0.2) is 0 Å². The molecule has 0 saturated carbocycles. The van der Waals surface area contributed by atoms with Gasteiger partial charge in [0, 0.05) is 32.1 Å². The number of thioether (sulfide) groups is 1. The van der Waals surface area contributed by atoms with E-state index in [1.54, 1.807) is 7.11 Å². The van der Waals surface area contributed by atoms with Crippen molar-refractivity contribution in [3.8, 4) is 0 Å². The number of nitrogens with zero attached hydrogens (tertiary/aromatic N) is 1. The second kappa shape index (κ2) is 9.82. The molecule has 0 radical (unpaired) electrons. The highest BCUT2D eigenvalue weighted by Crippen LogP contribution is 2.17. The fraction of sp³-hybridized carbons (Fsp3) is 0.562. The van der Waals surface area contributed by atoms with E-state index in [-0.39, 0.29) is 0 Å². The van der Waals surface area contributed by atoms with E-state index in [0.717, 1.165) is 36.9 Å². The van der Waals surface area contributed by atoms with E-state index in [2.05, 4.69) is 40.6 Å². The van der Waals surface area contributed by atoms with Crippen LogP contribution >= 0.6 is 11.8 Å². The maximum Gasteiger partial charge on any atom is 0.156 e. The van der Waals surface area contributed by atoms with Crippen molar-refractivity contribution in [2.75, 3.05) is 39.2 Å². The maximum absolute atomic E-state index is 5.42. The second-order valence-corrected chi connectivity index (χ2v) is 6.00. The molecule has 1 aliphatic heterocycles. The molecule has 0 spiro atoms. The van der Waals surface area contributed by atoms with Crippen molar-refractivity contribution in [2.24, 2.45) is 4.99 Å². The Balaban J connectivity index is 1.60. The minimum absolute atomic E-state index is 0.495. The van der Waals surface area contributed by atoms with Crippen LogP contribution in [0, 0.1) is 0 Å². The molecule has 1 atom stereocenters. The average Bonchev–Trinajstić information content (AvgIpc) is 2.95. The molecule has 1 N–H and O–H groups in total. The summed E-state index contributed by atoms with van der Waals surface area (Å²) in [5.74, 6) is 1.10. The minimum Gasteiger partial charge on any atom is -0.382 e. The standard InChI is InChI=1S/C16H24N2O2S/c1-19-10-11-20-9-5-8-17-16-18-15(13-21-16)12-14-6-3-2-4-7-14/h2-4,6-7,15H,5,8-13H2,1H3,(H,17,18). The molecule has 1 aliphatic rings. The number of methoxy groups -OCH3 is 1. The molecule has 1 aromatic rings. The Morgan fingerprint density at radius 3 is 2.90 bits per heavy atom. The zero-order chi connectivity index (χ0) is 14.8. The molecule has 0 amide bonds. The predicted molar refractivity (Wildman–Crippen MR) is 89.1 cm³/mol. The molecule has 0 aromatic heterocycles. The lowest BCUT2D eigenvalue weighted by Gasteiger charge is -2.09. The zero-order valence-electron chi connectivity index (χ0n) is 12.6. The van der Waals surface area contributed by atoms with Crippen molar-refractivity contribution >= 4 is 16.9 Å². The number of nitrogens with one attached hydrogen (secondary N) is 1. The van der Waals surface area contributed by atoms with Crippen molar-refractivity contribution in [1.29, 1.82) is 0 Å². The molecule has 4 nitrogen and oxygen atoms in total. The summed E-state index contributed by atoms with van der Waals surface area (Å²) in [5.41, 5.74) is 1.38. The first-order valence-electron chi connectivity index (χ1n) is 7.43. The Labute approximate surface area is 131 Å². The SMILES string of the molecule is COCCOCCCN=C1NC(Cc2ccccc2)CS1. The Morgan fingerprint density at radius 2 is 2.10 bits per heavy atom. The van der Waals surface area contributed by atoms with Gasteiger partial charge in [-0.05, 0) is 18.4 Å². The fourth-order valence-electron chi connectivity index (χ4n) is 2.13. The number of hydrogen-bond acceptors (Lipinski definition) is 4. The van der Waals surface area contributed by atoms with E-state index >= 15 is 0 Å². The molecule has 1 unspecified atom stereocenters. The van der Waals surface area contributed by atoms with Crippen LogP contribution < -0.4 is 5.32 Å². The third-order valence-electron chi connectivity index (χ3n) is 3.21. The van der Waals surface area contributed by atoms with E-state index in [1.807, 2.05) is 11.8 Å². The Hall–Kier alpha value is -1.04. The fourth-order valence-corrected chi connectivity index (χ4v) is 3.12. The lowest BCUT2D eigenvalue weighted by atomic mass is 10.1. The van der Waals surface area contributed by atoms with Gasteiger partial charge in [-0.2, -0.15) is 0 Å². The largest absolute Gasteiger partial charge is 0.382 e. The maximum atomic E-state index is 5.42. The van der Waals surface area contributed by atoms with Gasteiger partial charge in [-0.1, -0.05) is 42.1 Å². The lowest BCUT2D eigenvalue weighted by Crippen LogP contribution is -2.29. The molecule has 0 aliphatic carbocycles. The van der Waals surface area contributed by atoms with Crippen molar-refractivity contribution in [2.45, 2.75) is 18.9 Å². The quantitative estimate of drug-likeness (QED) is 0.711. The monoisotopic (exact) mass is 308 g/mol. The van der Waals surface area contributed by atoms with Crippen LogP contribution in [0.5, 0.6) is 0 Å². The summed E-state index contributed by atoms with van der Waals surface area (Å²) in [7, 11) is 1.68. The van der Waals surface area contributed by atoms with E-state index in [0.29, 0.717) is 19.3 Å². The van der Waals surface area contributed by atoms with Gasteiger partial charge in [-0.15, -0.1) is 0 Å². The van der Waals surface area contributed by atoms with Crippen LogP contribution in [0.1, 0.15) is 12.0 Å². The molecule has 21 heavy (non-hydrogen) atoms. The Morgan fingerprint density at radius 1 is 1.24 bits per heavy atom. The second-order valence-electron chi connectivity index (χ2n) is 4.99. The van der Waals surface area contributed by atoms with Crippen LogP contribution in [-0.2, 0) is 15.9 Å². The first-order chi connectivity index (χ1) is 10.4. The number of benzene rings is 1. The topological polar surface area (TPSA) is 42.9 Å². The van der Waals surface area contributed by atoms with Gasteiger partial charge in [0.25, 0.3) is 0 Å². The normalized spacial score (nSPS) is 19.9. The molecular formula is C16H24N2O2S. The number of amidine groups is 1. The van der Waals surface area contributed by atoms with Crippen LogP contribution in [0.4, 0.5) is 0 Å². The number of ether oxygens (including phenoxy) is 2. The van der Waals surface area contributed by atoms with Crippen LogP contribution in [0.15, 0.2) is 35.3 Å². The van der Waals surface area contributed by atoms with Gasteiger partial charge in [0.2, 0.25) is 0 Å². The number of rotatable bonds is 9. The smallest absolute Gasteiger partial charge is 0.156 e. The van der Waals surface area contributed by atoms with E-state index < -0.39 is 0 Å². The summed E-state index contributed by atoms with van der Waals surface area (Å²) in [6, 6.07) is 11.1. The van der Waals surface area contributed by atoms with Crippen LogP contribution in [0.25, 0.3) is 0 Å². The van der Waals surface area contributed by atoms with Crippen molar-refractivity contribution in [1.82, 2.24) is 5.32 Å². The number of aliphatic imine (C=N–C) groups is 1. The highest BCUT2D eigenvalue weighted by Gasteiger charge is 2.19. The lowest BCUT2D eigenvalue weighted by molar-refractivity contribution is 0.0702. The molecule has 1 fully saturated rings. The van der Waals surface area contributed by atoms with Gasteiger partial charge >= 0.3 is 0 Å². The van der Waals surface area contributed by atoms with Crippen molar-refractivity contribution < 1.29 is 9.47 Å². The first kappa shape index (κ1) is 16.3. The summed E-state index contributed by atoms with van der Waals surface area (Å²) < 4.78 is 10.3. The molecule has 0 bridgehead atoms. The molecular weight excluding hydrogens is 284 g/mol. The molecule has 5 heteroatoms. The van der Waals surface area contributed by atoms with Crippen molar-refractivity contribution in [3.63, 3.8) is 0 Å². The molecule has 1 saturated heterocycles. The summed E-state index contributed by atoms with van der Waals surface area (Å²) >= 11 is 1.82. The Kier molecular flexibility index (Phi) is 7.63. The van der Waals surface area contributed by atoms with E-state index in [4.69, 9.17) is 9.47 Å². The summed E-state index contributed by atoms with van der Waals surface area (Å²) in [6.07, 6.45) is 2.02. The Bertz CT molecular complexity index is 426. The van der Waals surface area contributed by atoms with Gasteiger partial charge in [-0.3, -0.25) is 4.99 Å². The van der Waals surface area contributed by atoms with Crippen LogP contribution in [-0.4, -0.2) is 50.4 Å². The molecule has 1 heterocycles. The molecule has 2 rings (SSSR count). The molecule has 1 aromatic carbocycles. The summed E-state index contributed by atoms with van der Waals surface area (Å²) in [5, 5.41) is 4.58. The number of hydrogen-bond donors (Lipinski definition) is 1. The van der Waals surface area contributed by atoms with Crippen molar-refractivity contribution in [3.05, 3.63) is 35.9 Å². The van der Waals surface area contributed by atoms with Crippen LogP contribution in [0.2, 0.25) is 0 Å². The van der Waals surface area contributed by atoms with Crippen LogP contribution in [0.3, 0.4) is 0 Å². The molecule has 116 valence electrons. The highest BCUT2D eigenvalue weighted by atomic mass is 32.2. The predicted octanol–water partition coefficient (Wildman–Crippen LogP) is 2.34. The summed E-state index contributed by atoms with van der Waals surface area (Å²) in [6.45, 7) is 2.89. The van der Waals surface area contributed by atoms with Gasteiger partial charge < -0.3 is 14.8 Å².